The molecule has 1 aliphatic heterocycles. The quantitative estimate of drug-likeness (QED) is 0.618. The van der Waals surface area contributed by atoms with Crippen LogP contribution >= 0.6 is 11.6 Å². The fourth-order valence-electron chi connectivity index (χ4n) is 3.41. The summed E-state index contributed by atoms with van der Waals surface area (Å²) in [5, 5.41) is 23.6. The number of piperidine rings is 1. The number of nitrogens with one attached hydrogen (secondary N) is 2. The third-order valence-corrected chi connectivity index (χ3v) is 5.57. The number of carbonyl (C=O) groups excluding carboxylic acids is 1. The second-order valence-corrected chi connectivity index (χ2v) is 7.45. The van der Waals surface area contributed by atoms with E-state index in [9.17, 15) is 9.90 Å². The molecule has 0 spiro atoms. The predicted molar refractivity (Wildman–Crippen MR) is 107 cm³/mol. The molecule has 0 radical (unpaired) electrons. The number of benzene rings is 2. The van der Waals surface area contributed by atoms with Crippen molar-refractivity contribution in [3.8, 4) is 0 Å². The third kappa shape index (κ3) is 3.69. The zero-order valence-electron chi connectivity index (χ0n) is 15.4. The van der Waals surface area contributed by atoms with Gasteiger partial charge < -0.3 is 9.94 Å². The van der Waals surface area contributed by atoms with Gasteiger partial charge in [0.05, 0.1) is 11.1 Å². The number of hydrogen-bond donors (Lipinski definition) is 3. The minimum absolute atomic E-state index is 0.413. The summed E-state index contributed by atoms with van der Waals surface area (Å²) >= 11 is 6.19. The minimum atomic E-state index is -0.980. The Kier molecular flexibility index (Phi) is 4.97. The Balaban J connectivity index is 1.36. The Labute approximate surface area is 167 Å². The molecule has 0 aliphatic carbocycles. The number of hydrogen-bond acceptors (Lipinski definition) is 5. The summed E-state index contributed by atoms with van der Waals surface area (Å²) < 4.78 is 0. The highest BCUT2D eigenvalue weighted by Crippen LogP contribution is 2.34. The second kappa shape index (κ2) is 7.43. The average Bonchev–Trinajstić information content (AvgIpc) is 3.09. The van der Waals surface area contributed by atoms with Crippen LogP contribution in [0.15, 0.2) is 42.5 Å². The van der Waals surface area contributed by atoms with E-state index in [0.29, 0.717) is 36.8 Å². The van der Waals surface area contributed by atoms with Gasteiger partial charge in [-0.1, -0.05) is 35.9 Å². The van der Waals surface area contributed by atoms with Crippen LogP contribution < -0.4 is 5.32 Å². The lowest BCUT2D eigenvalue weighted by molar-refractivity contribution is -0.148. The van der Waals surface area contributed by atoms with Gasteiger partial charge in [0.2, 0.25) is 0 Å². The van der Waals surface area contributed by atoms with Crippen molar-refractivity contribution in [3.05, 3.63) is 58.6 Å². The molecule has 3 aromatic rings. The number of aliphatic hydroxyl groups is 1. The number of rotatable bonds is 3. The van der Waals surface area contributed by atoms with Gasteiger partial charge in [-0.25, -0.2) is 4.79 Å². The average molecular weight is 401 g/mol. The van der Waals surface area contributed by atoms with E-state index >= 15 is 0 Å². The van der Waals surface area contributed by atoms with Crippen LogP contribution in [-0.2, 0) is 10.4 Å². The zero-order valence-corrected chi connectivity index (χ0v) is 16.2. The van der Waals surface area contributed by atoms with Crippen LogP contribution in [0.2, 0.25) is 5.02 Å². The number of H-pyrrole nitrogens is 1. The van der Waals surface area contributed by atoms with E-state index < -0.39 is 11.7 Å². The van der Waals surface area contributed by atoms with Gasteiger partial charge in [-0.2, -0.15) is 5.10 Å². The number of aromatic amines is 1. The van der Waals surface area contributed by atoms with Crippen molar-refractivity contribution in [1.29, 1.82) is 0 Å². The van der Waals surface area contributed by atoms with Crippen LogP contribution in [0.5, 0.6) is 0 Å². The normalized spacial score (nSPS) is 16.8. The predicted octanol–water partition coefficient (Wildman–Crippen LogP) is 3.97. The van der Waals surface area contributed by atoms with Crippen molar-refractivity contribution in [2.45, 2.75) is 25.4 Å². The number of aromatic nitrogens is 2. The molecule has 0 unspecified atom stereocenters. The summed E-state index contributed by atoms with van der Waals surface area (Å²) in [6.07, 6.45) is 0.261. The Morgan fingerprint density at radius 1 is 1.29 bits per heavy atom. The van der Waals surface area contributed by atoms with Crippen LogP contribution in [0.4, 0.5) is 10.6 Å². The van der Waals surface area contributed by atoms with E-state index in [0.717, 1.165) is 22.0 Å². The maximum Gasteiger partial charge on any atom is 0.432 e. The summed E-state index contributed by atoms with van der Waals surface area (Å²) in [6.45, 7) is 2.75. The fraction of sp³-hybridized carbons (Fsp3) is 0.300. The maximum atomic E-state index is 12.2. The number of fused-ring (bicyclic) bond motifs is 1. The third-order valence-electron chi connectivity index (χ3n) is 5.16. The first-order valence-corrected chi connectivity index (χ1v) is 9.48. The van der Waals surface area contributed by atoms with E-state index in [1.165, 1.54) is 0 Å². The number of halogens is 1. The lowest BCUT2D eigenvalue weighted by atomic mass is 9.85. The number of anilines is 1. The standard InChI is InChI=1S/C20H21ClN4O3/c1-13-6-7-14(12-16(13)21)20(27)8-10-25(11-9-20)28-19(26)22-18-15-4-2-3-5-17(15)23-24-18/h2-7,12,27H,8-11H2,1H3,(H2,22,23,24,26). The summed E-state index contributed by atoms with van der Waals surface area (Å²) in [5.41, 5.74) is 1.61. The SMILES string of the molecule is Cc1ccc(C2(O)CCN(OC(=O)Nc3n[nH]c4ccccc34)CC2)cc1Cl. The molecule has 0 saturated carbocycles. The molecule has 1 aliphatic rings. The molecule has 1 fully saturated rings. The highest BCUT2D eigenvalue weighted by molar-refractivity contribution is 6.31. The first-order chi connectivity index (χ1) is 13.4. The van der Waals surface area contributed by atoms with Crippen LogP contribution in [0.1, 0.15) is 24.0 Å². The molecule has 146 valence electrons. The van der Waals surface area contributed by atoms with Gasteiger partial charge in [-0.05, 0) is 49.1 Å². The lowest BCUT2D eigenvalue weighted by Gasteiger charge is -2.37. The van der Waals surface area contributed by atoms with E-state index in [1.54, 1.807) is 5.06 Å². The molecule has 0 atom stereocenters. The van der Waals surface area contributed by atoms with Crippen molar-refractivity contribution in [1.82, 2.24) is 15.3 Å². The first-order valence-electron chi connectivity index (χ1n) is 9.11. The zero-order chi connectivity index (χ0) is 19.7. The minimum Gasteiger partial charge on any atom is -0.385 e. The smallest absolute Gasteiger partial charge is 0.385 e. The molecule has 2 aromatic carbocycles. The molecule has 7 nitrogen and oxygen atoms in total. The molecule has 1 aromatic heterocycles. The Hall–Kier alpha value is -2.61. The second-order valence-electron chi connectivity index (χ2n) is 7.05. The molecule has 28 heavy (non-hydrogen) atoms. The van der Waals surface area contributed by atoms with Crippen molar-refractivity contribution < 1.29 is 14.7 Å². The van der Waals surface area contributed by atoms with Crippen molar-refractivity contribution in [3.63, 3.8) is 0 Å². The fourth-order valence-corrected chi connectivity index (χ4v) is 3.59. The number of aryl methyl sites for hydroxylation is 1. The summed E-state index contributed by atoms with van der Waals surface area (Å²) in [7, 11) is 0. The van der Waals surface area contributed by atoms with E-state index in [4.69, 9.17) is 16.4 Å². The summed E-state index contributed by atoms with van der Waals surface area (Å²) in [4.78, 5) is 17.6. The van der Waals surface area contributed by atoms with Gasteiger partial charge in [-0.15, -0.1) is 5.06 Å². The number of hydroxylamine groups is 2. The maximum absolute atomic E-state index is 12.2. The van der Waals surface area contributed by atoms with Gasteiger partial charge in [0.25, 0.3) is 0 Å². The first kappa shape index (κ1) is 18.7. The number of para-hydroxylation sites is 1. The molecular weight excluding hydrogens is 380 g/mol. The monoisotopic (exact) mass is 400 g/mol. The van der Waals surface area contributed by atoms with E-state index in [1.807, 2.05) is 49.4 Å². The van der Waals surface area contributed by atoms with Crippen molar-refractivity contribution in [2.75, 3.05) is 18.4 Å². The highest BCUT2D eigenvalue weighted by atomic mass is 35.5. The summed E-state index contributed by atoms with van der Waals surface area (Å²) in [5.74, 6) is 0.420. The molecular formula is C20H21ClN4O3. The van der Waals surface area contributed by atoms with Crippen molar-refractivity contribution >= 4 is 34.4 Å². The van der Waals surface area contributed by atoms with Crippen LogP contribution in [0.25, 0.3) is 10.9 Å². The van der Waals surface area contributed by atoms with Gasteiger partial charge in [0, 0.05) is 23.5 Å². The van der Waals surface area contributed by atoms with Gasteiger partial charge in [0.1, 0.15) is 0 Å². The Bertz CT molecular complexity index is 1010. The number of nitrogens with zero attached hydrogens (tertiary/aromatic N) is 2. The molecule has 8 heteroatoms. The molecule has 0 bridgehead atoms. The van der Waals surface area contributed by atoms with Gasteiger partial charge >= 0.3 is 6.09 Å². The van der Waals surface area contributed by atoms with Crippen LogP contribution in [-0.4, -0.2) is 39.5 Å². The van der Waals surface area contributed by atoms with E-state index in [2.05, 4.69) is 15.5 Å². The summed E-state index contributed by atoms with van der Waals surface area (Å²) in [6, 6.07) is 13.1. The largest absolute Gasteiger partial charge is 0.432 e. The van der Waals surface area contributed by atoms with E-state index in [-0.39, 0.29) is 0 Å². The lowest BCUT2D eigenvalue weighted by Crippen LogP contribution is -2.44. The molecule has 2 heterocycles. The molecule has 1 amide bonds. The topological polar surface area (TPSA) is 90.5 Å². The van der Waals surface area contributed by atoms with Crippen LogP contribution in [0.3, 0.4) is 0 Å². The van der Waals surface area contributed by atoms with Crippen LogP contribution in [0, 0.1) is 6.92 Å². The molecule has 3 N–H and O–H groups in total. The number of amides is 1. The number of carbonyl (C=O) groups is 1. The molecule has 4 rings (SSSR count). The molecule has 1 saturated heterocycles. The van der Waals surface area contributed by atoms with Crippen molar-refractivity contribution in [2.24, 2.45) is 0 Å². The Morgan fingerprint density at radius 3 is 2.79 bits per heavy atom. The highest BCUT2D eigenvalue weighted by Gasteiger charge is 2.35. The van der Waals surface area contributed by atoms with Gasteiger partial charge in [-0.3, -0.25) is 10.4 Å². The Morgan fingerprint density at radius 2 is 2.04 bits per heavy atom. The van der Waals surface area contributed by atoms with Gasteiger partial charge in [0.15, 0.2) is 5.82 Å².